The Labute approximate surface area is 163 Å². The van der Waals surface area contributed by atoms with Gasteiger partial charge in [0.25, 0.3) is 0 Å². The largest absolute Gasteiger partial charge is 0.322 e. The average molecular weight is 411 g/mol. The van der Waals surface area contributed by atoms with Gasteiger partial charge in [-0.1, -0.05) is 23.7 Å². The molecule has 0 aliphatic rings. The molecule has 0 radical (unpaired) electrons. The monoisotopic (exact) mass is 410 g/mol. The predicted molar refractivity (Wildman–Crippen MR) is 106 cm³/mol. The second-order valence-corrected chi connectivity index (χ2v) is 8.97. The number of anilines is 1. The van der Waals surface area contributed by atoms with Crippen LogP contribution in [-0.2, 0) is 14.8 Å². The van der Waals surface area contributed by atoms with Crippen molar-refractivity contribution in [3.8, 4) is 0 Å². The highest BCUT2D eigenvalue weighted by atomic mass is 35.5. The van der Waals surface area contributed by atoms with Crippen LogP contribution in [0.5, 0.6) is 0 Å². The number of amides is 1. The molecule has 5 nitrogen and oxygen atoms in total. The Morgan fingerprint density at radius 1 is 1.15 bits per heavy atom. The Morgan fingerprint density at radius 3 is 2.48 bits per heavy atom. The van der Waals surface area contributed by atoms with E-state index >= 15 is 0 Å². The molecule has 0 aromatic heterocycles. The minimum Gasteiger partial charge on any atom is -0.322 e. The van der Waals surface area contributed by atoms with Gasteiger partial charge in [-0.25, -0.2) is 17.5 Å². The van der Waals surface area contributed by atoms with E-state index in [2.05, 4.69) is 10.0 Å². The van der Waals surface area contributed by atoms with Crippen LogP contribution in [0.25, 0.3) is 6.08 Å². The molecule has 0 heterocycles. The zero-order chi connectivity index (χ0) is 20.2. The smallest absolute Gasteiger partial charge is 0.248 e. The number of benzene rings is 2. The molecular weight excluding hydrogens is 391 g/mol. The lowest BCUT2D eigenvalue weighted by molar-refractivity contribution is -0.111. The van der Waals surface area contributed by atoms with Crippen LogP contribution >= 0.6 is 11.6 Å². The van der Waals surface area contributed by atoms with Crippen molar-refractivity contribution in [1.82, 2.24) is 4.72 Å². The molecule has 0 atom stereocenters. The van der Waals surface area contributed by atoms with Crippen LogP contribution in [0.4, 0.5) is 10.1 Å². The first-order valence-corrected chi connectivity index (χ1v) is 9.90. The van der Waals surface area contributed by atoms with Gasteiger partial charge in [-0.3, -0.25) is 4.79 Å². The molecule has 2 aromatic rings. The molecule has 27 heavy (non-hydrogen) atoms. The van der Waals surface area contributed by atoms with E-state index in [4.69, 9.17) is 11.6 Å². The third kappa shape index (κ3) is 6.46. The third-order valence-electron chi connectivity index (χ3n) is 3.22. The SMILES string of the molecule is CC(C)(C)NS(=O)(=O)c1cccc(NC(=O)/C=C/c2ccc(F)c(Cl)c2)c1. The number of carbonyl (C=O) groups excluding carboxylic acids is 1. The maximum Gasteiger partial charge on any atom is 0.248 e. The second kappa shape index (κ2) is 8.21. The highest BCUT2D eigenvalue weighted by Crippen LogP contribution is 2.19. The van der Waals surface area contributed by atoms with Gasteiger partial charge < -0.3 is 5.32 Å². The first-order valence-electron chi connectivity index (χ1n) is 8.04. The predicted octanol–water partition coefficient (Wildman–Crippen LogP) is 4.21. The van der Waals surface area contributed by atoms with Crippen molar-refractivity contribution in [1.29, 1.82) is 0 Å². The van der Waals surface area contributed by atoms with Crippen LogP contribution in [0.2, 0.25) is 5.02 Å². The summed E-state index contributed by atoms with van der Waals surface area (Å²) in [5.41, 5.74) is 0.262. The fraction of sp³-hybridized carbons (Fsp3) is 0.211. The number of nitrogens with one attached hydrogen (secondary N) is 2. The van der Waals surface area contributed by atoms with Crippen LogP contribution in [0.3, 0.4) is 0 Å². The van der Waals surface area contributed by atoms with Crippen LogP contribution in [0.15, 0.2) is 53.4 Å². The molecule has 8 heteroatoms. The van der Waals surface area contributed by atoms with Gasteiger partial charge in [0.15, 0.2) is 0 Å². The molecule has 2 aromatic carbocycles. The molecule has 0 aliphatic carbocycles. The number of hydrogen-bond donors (Lipinski definition) is 2. The highest BCUT2D eigenvalue weighted by Gasteiger charge is 2.22. The molecule has 0 bridgehead atoms. The van der Waals surface area contributed by atoms with Gasteiger partial charge in [0.2, 0.25) is 15.9 Å². The highest BCUT2D eigenvalue weighted by molar-refractivity contribution is 7.89. The van der Waals surface area contributed by atoms with Gasteiger partial charge in [-0.2, -0.15) is 0 Å². The lowest BCUT2D eigenvalue weighted by Crippen LogP contribution is -2.40. The molecule has 0 saturated carbocycles. The van der Waals surface area contributed by atoms with Gasteiger partial charge in [0.05, 0.1) is 9.92 Å². The van der Waals surface area contributed by atoms with E-state index in [0.717, 1.165) is 0 Å². The van der Waals surface area contributed by atoms with Crippen molar-refractivity contribution in [2.24, 2.45) is 0 Å². The first kappa shape index (κ1) is 21.1. The molecule has 1 amide bonds. The second-order valence-electron chi connectivity index (χ2n) is 6.88. The Bertz CT molecular complexity index is 983. The Kier molecular flexibility index (Phi) is 6.41. The molecule has 0 saturated heterocycles. The molecule has 0 fully saturated rings. The van der Waals surface area contributed by atoms with Gasteiger partial charge in [-0.15, -0.1) is 0 Å². The normalized spacial score (nSPS) is 12.3. The van der Waals surface area contributed by atoms with Gasteiger partial charge in [0, 0.05) is 17.3 Å². The standard InChI is InChI=1S/C19H20ClFN2O3S/c1-19(2,3)23-27(25,26)15-6-4-5-14(12-15)22-18(24)10-8-13-7-9-17(21)16(20)11-13/h4-12,23H,1-3H3,(H,22,24)/b10-8+. The van der Waals surface area contributed by atoms with E-state index in [9.17, 15) is 17.6 Å². The summed E-state index contributed by atoms with van der Waals surface area (Å²) >= 11 is 5.69. The minimum atomic E-state index is -3.71. The van der Waals surface area contributed by atoms with Crippen molar-refractivity contribution in [3.63, 3.8) is 0 Å². The molecular formula is C19H20ClFN2O3S. The number of sulfonamides is 1. The average Bonchev–Trinajstić information content (AvgIpc) is 2.54. The lowest BCUT2D eigenvalue weighted by atomic mass is 10.1. The van der Waals surface area contributed by atoms with E-state index in [1.54, 1.807) is 26.8 Å². The number of rotatable bonds is 5. The molecule has 0 aliphatic heterocycles. The zero-order valence-electron chi connectivity index (χ0n) is 15.1. The van der Waals surface area contributed by atoms with Crippen molar-refractivity contribution < 1.29 is 17.6 Å². The van der Waals surface area contributed by atoms with Gasteiger partial charge in [0.1, 0.15) is 5.82 Å². The lowest BCUT2D eigenvalue weighted by Gasteiger charge is -2.20. The van der Waals surface area contributed by atoms with Crippen LogP contribution < -0.4 is 10.0 Å². The summed E-state index contributed by atoms with van der Waals surface area (Å²) in [6, 6.07) is 10.0. The minimum absolute atomic E-state index is 0.0400. The van der Waals surface area contributed by atoms with E-state index in [-0.39, 0.29) is 9.92 Å². The maximum atomic E-state index is 13.1. The maximum absolute atomic E-state index is 13.1. The van der Waals surface area contributed by atoms with E-state index in [1.807, 2.05) is 0 Å². The van der Waals surface area contributed by atoms with E-state index in [0.29, 0.717) is 11.3 Å². The number of carbonyl (C=O) groups is 1. The molecule has 0 spiro atoms. The summed E-state index contributed by atoms with van der Waals surface area (Å²) in [5.74, 6) is -1.01. The van der Waals surface area contributed by atoms with Gasteiger partial charge >= 0.3 is 0 Å². The molecule has 0 unspecified atom stereocenters. The van der Waals surface area contributed by atoms with Crippen molar-refractivity contribution in [2.45, 2.75) is 31.2 Å². The number of hydrogen-bond acceptors (Lipinski definition) is 3. The topological polar surface area (TPSA) is 75.3 Å². The molecule has 144 valence electrons. The van der Waals surface area contributed by atoms with Crippen molar-refractivity contribution >= 4 is 39.3 Å². The van der Waals surface area contributed by atoms with Gasteiger partial charge in [-0.05, 0) is 62.7 Å². The van der Waals surface area contributed by atoms with E-state index < -0.39 is 27.3 Å². The molecule has 2 rings (SSSR count). The fourth-order valence-electron chi connectivity index (χ4n) is 2.17. The van der Waals surface area contributed by atoms with E-state index in [1.165, 1.54) is 48.6 Å². The first-order chi connectivity index (χ1) is 12.5. The summed E-state index contributed by atoms with van der Waals surface area (Å²) in [4.78, 5) is 12.1. The summed E-state index contributed by atoms with van der Waals surface area (Å²) in [7, 11) is -3.71. The third-order valence-corrected chi connectivity index (χ3v) is 5.27. The van der Waals surface area contributed by atoms with Crippen LogP contribution in [-0.4, -0.2) is 19.9 Å². The molecule has 2 N–H and O–H groups in total. The zero-order valence-corrected chi connectivity index (χ0v) is 16.7. The Morgan fingerprint density at radius 2 is 1.85 bits per heavy atom. The van der Waals surface area contributed by atoms with Crippen molar-refractivity contribution in [3.05, 3.63) is 64.9 Å². The summed E-state index contributed by atoms with van der Waals surface area (Å²) in [6.07, 6.45) is 2.72. The quantitative estimate of drug-likeness (QED) is 0.725. The van der Waals surface area contributed by atoms with Crippen LogP contribution in [0.1, 0.15) is 26.3 Å². The summed E-state index contributed by atoms with van der Waals surface area (Å²) in [6.45, 7) is 5.22. The fourth-order valence-corrected chi connectivity index (χ4v) is 3.83. The summed E-state index contributed by atoms with van der Waals surface area (Å²) in [5, 5.41) is 2.55. The van der Waals surface area contributed by atoms with Crippen LogP contribution in [0, 0.1) is 5.82 Å². The summed E-state index contributed by atoms with van der Waals surface area (Å²) < 4.78 is 40.4. The number of halogens is 2. The van der Waals surface area contributed by atoms with Crippen molar-refractivity contribution in [2.75, 3.05) is 5.32 Å². The Balaban J connectivity index is 2.12. The Hall–Kier alpha value is -2.22.